The summed E-state index contributed by atoms with van der Waals surface area (Å²) < 4.78 is 10.5. The van der Waals surface area contributed by atoms with Gasteiger partial charge in [0.1, 0.15) is 11.5 Å². The Morgan fingerprint density at radius 1 is 1.05 bits per heavy atom. The maximum atomic E-state index is 12.1. The fourth-order valence-electron chi connectivity index (χ4n) is 1.79. The van der Waals surface area contributed by atoms with Crippen LogP contribution in [0, 0.1) is 6.92 Å². The highest BCUT2D eigenvalue weighted by atomic mass is 35.5. The van der Waals surface area contributed by atoms with Crippen LogP contribution in [0.3, 0.4) is 0 Å². The van der Waals surface area contributed by atoms with Crippen LogP contribution in [0.2, 0.25) is 10.0 Å². The average molecular weight is 325 g/mol. The number of Topliss-reactive ketones (excluding diaryl/α,β-unsaturated/α-hetero) is 1. The van der Waals surface area contributed by atoms with Crippen molar-refractivity contribution in [3.05, 3.63) is 57.6 Å². The van der Waals surface area contributed by atoms with E-state index < -0.39 is 0 Å². The highest BCUT2D eigenvalue weighted by Crippen LogP contribution is 2.27. The molecule has 0 aliphatic heterocycles. The molecule has 2 rings (SSSR count). The number of ketones is 1. The van der Waals surface area contributed by atoms with Gasteiger partial charge in [-0.25, -0.2) is 0 Å². The van der Waals surface area contributed by atoms with Gasteiger partial charge in [-0.05, 0) is 42.8 Å². The Kier molecular flexibility index (Phi) is 5.10. The molecular weight excluding hydrogens is 311 g/mol. The number of benzene rings is 2. The second-order valence-electron chi connectivity index (χ2n) is 4.50. The zero-order valence-electron chi connectivity index (χ0n) is 11.7. The third kappa shape index (κ3) is 3.90. The topological polar surface area (TPSA) is 35.5 Å². The Hall–Kier alpha value is -1.71. The van der Waals surface area contributed by atoms with E-state index in [1.54, 1.807) is 30.3 Å². The molecule has 5 heteroatoms. The Labute approximate surface area is 133 Å². The lowest BCUT2D eigenvalue weighted by Crippen LogP contribution is -2.12. The molecule has 0 aromatic heterocycles. The molecule has 0 amide bonds. The third-order valence-electron chi connectivity index (χ3n) is 2.92. The van der Waals surface area contributed by atoms with Crippen LogP contribution in [0.1, 0.15) is 15.9 Å². The predicted octanol–water partition coefficient (Wildman–Crippen LogP) is 4.57. The molecule has 0 aliphatic rings. The van der Waals surface area contributed by atoms with Gasteiger partial charge in [-0.2, -0.15) is 0 Å². The molecule has 0 bridgehead atoms. The summed E-state index contributed by atoms with van der Waals surface area (Å²) in [5.74, 6) is 0.831. The summed E-state index contributed by atoms with van der Waals surface area (Å²) in [6.07, 6.45) is 0. The molecule has 0 atom stereocenters. The first-order chi connectivity index (χ1) is 10.0. The van der Waals surface area contributed by atoms with Crippen molar-refractivity contribution >= 4 is 29.0 Å². The van der Waals surface area contributed by atoms with Gasteiger partial charge >= 0.3 is 0 Å². The number of hydrogen-bond acceptors (Lipinski definition) is 3. The highest BCUT2D eigenvalue weighted by Gasteiger charge is 2.11. The molecule has 110 valence electrons. The molecule has 0 N–H and O–H groups in total. The second kappa shape index (κ2) is 6.83. The van der Waals surface area contributed by atoms with Crippen LogP contribution in [-0.2, 0) is 0 Å². The van der Waals surface area contributed by atoms with Gasteiger partial charge in [0.25, 0.3) is 0 Å². The smallest absolute Gasteiger partial charge is 0.200 e. The standard InChI is InChI=1S/C16H14Cl2O3/c1-10-3-5-12(17)16(7-10)21-9-14(19)11-4-6-15(20-2)13(18)8-11/h3-8H,9H2,1-2H3. The molecular formula is C16H14Cl2O3. The predicted molar refractivity (Wildman–Crippen MR) is 84.0 cm³/mol. The zero-order chi connectivity index (χ0) is 15.4. The second-order valence-corrected chi connectivity index (χ2v) is 5.31. The Morgan fingerprint density at radius 2 is 1.81 bits per heavy atom. The van der Waals surface area contributed by atoms with Crippen molar-refractivity contribution in [2.75, 3.05) is 13.7 Å². The minimum absolute atomic E-state index is 0.105. The quantitative estimate of drug-likeness (QED) is 0.755. The molecule has 21 heavy (non-hydrogen) atoms. The molecule has 0 fully saturated rings. The summed E-state index contributed by atoms with van der Waals surface area (Å²) in [7, 11) is 1.52. The fraction of sp³-hybridized carbons (Fsp3) is 0.188. The summed E-state index contributed by atoms with van der Waals surface area (Å²) in [5, 5.41) is 0.859. The molecule has 0 saturated carbocycles. The van der Waals surface area contributed by atoms with Crippen molar-refractivity contribution in [1.82, 2.24) is 0 Å². The van der Waals surface area contributed by atoms with E-state index in [9.17, 15) is 4.79 Å². The minimum Gasteiger partial charge on any atom is -0.495 e. The third-order valence-corrected chi connectivity index (χ3v) is 3.53. The van der Waals surface area contributed by atoms with Gasteiger partial charge < -0.3 is 9.47 Å². The van der Waals surface area contributed by atoms with Crippen molar-refractivity contribution in [3.8, 4) is 11.5 Å². The van der Waals surface area contributed by atoms with Crippen LogP contribution in [0.5, 0.6) is 11.5 Å². The summed E-state index contributed by atoms with van der Waals surface area (Å²) in [5.41, 5.74) is 1.47. The number of rotatable bonds is 5. The number of carbonyl (C=O) groups is 1. The maximum Gasteiger partial charge on any atom is 0.200 e. The first kappa shape index (κ1) is 15.7. The number of aryl methyl sites for hydroxylation is 1. The monoisotopic (exact) mass is 324 g/mol. The van der Waals surface area contributed by atoms with Crippen molar-refractivity contribution in [2.24, 2.45) is 0 Å². The first-order valence-corrected chi connectivity index (χ1v) is 7.02. The normalized spacial score (nSPS) is 10.3. The van der Waals surface area contributed by atoms with Gasteiger partial charge in [-0.3, -0.25) is 4.79 Å². The number of halogens is 2. The van der Waals surface area contributed by atoms with E-state index in [0.29, 0.717) is 27.1 Å². The maximum absolute atomic E-state index is 12.1. The molecule has 0 radical (unpaired) electrons. The van der Waals surface area contributed by atoms with Gasteiger partial charge in [0.05, 0.1) is 17.2 Å². The van der Waals surface area contributed by atoms with E-state index >= 15 is 0 Å². The van der Waals surface area contributed by atoms with Crippen LogP contribution in [0.25, 0.3) is 0 Å². The average Bonchev–Trinajstić information content (AvgIpc) is 2.47. The van der Waals surface area contributed by atoms with Crippen molar-refractivity contribution in [3.63, 3.8) is 0 Å². The van der Waals surface area contributed by atoms with Gasteiger partial charge in [0.2, 0.25) is 0 Å². The van der Waals surface area contributed by atoms with E-state index in [4.69, 9.17) is 32.7 Å². The van der Waals surface area contributed by atoms with Crippen LogP contribution in [0.4, 0.5) is 0 Å². The minimum atomic E-state index is -0.183. The first-order valence-electron chi connectivity index (χ1n) is 6.27. The number of hydrogen-bond donors (Lipinski definition) is 0. The number of ether oxygens (including phenoxy) is 2. The Morgan fingerprint density at radius 3 is 2.48 bits per heavy atom. The van der Waals surface area contributed by atoms with Crippen LogP contribution in [0.15, 0.2) is 36.4 Å². The van der Waals surface area contributed by atoms with Crippen LogP contribution in [-0.4, -0.2) is 19.5 Å². The summed E-state index contributed by atoms with van der Waals surface area (Å²) in [6, 6.07) is 10.3. The molecule has 2 aromatic rings. The van der Waals surface area contributed by atoms with E-state index in [1.165, 1.54) is 7.11 Å². The number of methoxy groups -OCH3 is 1. The highest BCUT2D eigenvalue weighted by molar-refractivity contribution is 6.32. The van der Waals surface area contributed by atoms with Crippen LogP contribution < -0.4 is 9.47 Å². The molecule has 0 spiro atoms. The zero-order valence-corrected chi connectivity index (χ0v) is 13.2. The van der Waals surface area contributed by atoms with Gasteiger partial charge in [0, 0.05) is 5.56 Å². The molecule has 0 saturated heterocycles. The van der Waals surface area contributed by atoms with E-state index in [-0.39, 0.29) is 12.4 Å². The number of carbonyl (C=O) groups excluding carboxylic acids is 1. The molecule has 0 unspecified atom stereocenters. The lowest BCUT2D eigenvalue weighted by atomic mass is 10.1. The molecule has 0 aliphatic carbocycles. The summed E-state index contributed by atoms with van der Waals surface area (Å²) >= 11 is 12.0. The lowest BCUT2D eigenvalue weighted by molar-refractivity contribution is 0.0921. The van der Waals surface area contributed by atoms with Gasteiger partial charge in [-0.15, -0.1) is 0 Å². The van der Waals surface area contributed by atoms with Gasteiger partial charge in [-0.1, -0.05) is 29.3 Å². The Balaban J connectivity index is 2.08. The SMILES string of the molecule is COc1ccc(C(=O)COc2cc(C)ccc2Cl)cc1Cl. The fourth-order valence-corrected chi connectivity index (χ4v) is 2.22. The van der Waals surface area contributed by atoms with E-state index in [0.717, 1.165) is 5.56 Å². The van der Waals surface area contributed by atoms with Crippen LogP contribution >= 0.6 is 23.2 Å². The van der Waals surface area contributed by atoms with Crippen molar-refractivity contribution in [2.45, 2.75) is 6.92 Å². The van der Waals surface area contributed by atoms with E-state index in [2.05, 4.69) is 0 Å². The van der Waals surface area contributed by atoms with Crippen molar-refractivity contribution < 1.29 is 14.3 Å². The Bertz CT molecular complexity index is 669. The lowest BCUT2D eigenvalue weighted by Gasteiger charge is -2.09. The van der Waals surface area contributed by atoms with Crippen molar-refractivity contribution in [1.29, 1.82) is 0 Å². The summed E-state index contributed by atoms with van der Waals surface area (Å²) in [4.78, 5) is 12.1. The van der Waals surface area contributed by atoms with Gasteiger partial charge in [0.15, 0.2) is 12.4 Å². The molecule has 0 heterocycles. The van der Waals surface area contributed by atoms with E-state index in [1.807, 2.05) is 13.0 Å². The largest absolute Gasteiger partial charge is 0.495 e. The molecule has 3 nitrogen and oxygen atoms in total. The summed E-state index contributed by atoms with van der Waals surface area (Å²) in [6.45, 7) is 1.82. The molecule has 2 aromatic carbocycles.